The zero-order chi connectivity index (χ0) is 17.5. The van der Waals surface area contributed by atoms with Crippen molar-refractivity contribution < 1.29 is 24.2 Å². The summed E-state index contributed by atoms with van der Waals surface area (Å²) < 4.78 is 10.1. The smallest absolute Gasteiger partial charge is 0.407 e. The fourth-order valence-corrected chi connectivity index (χ4v) is 1.65. The SMILES string of the molecule is COc1cc(C#CCCNC(=O)OC(C)(C)C)c(C=O)cc1O. The molecule has 0 radical (unpaired) electrons. The largest absolute Gasteiger partial charge is 0.504 e. The highest BCUT2D eigenvalue weighted by Gasteiger charge is 2.15. The molecule has 0 heterocycles. The lowest BCUT2D eigenvalue weighted by molar-refractivity contribution is 0.0529. The van der Waals surface area contributed by atoms with Gasteiger partial charge in [0.1, 0.15) is 5.60 Å². The third kappa shape index (κ3) is 6.30. The van der Waals surface area contributed by atoms with Crippen molar-refractivity contribution in [3.8, 4) is 23.3 Å². The van der Waals surface area contributed by atoms with E-state index in [0.29, 0.717) is 24.8 Å². The van der Waals surface area contributed by atoms with Gasteiger partial charge < -0.3 is 19.9 Å². The Morgan fingerprint density at radius 2 is 2.09 bits per heavy atom. The summed E-state index contributed by atoms with van der Waals surface area (Å²) in [6.07, 6.45) is 0.502. The fraction of sp³-hybridized carbons (Fsp3) is 0.412. The van der Waals surface area contributed by atoms with E-state index in [4.69, 9.17) is 9.47 Å². The number of carbonyl (C=O) groups excluding carboxylic acids is 2. The predicted molar refractivity (Wildman–Crippen MR) is 85.8 cm³/mol. The number of benzene rings is 1. The summed E-state index contributed by atoms with van der Waals surface area (Å²) in [5, 5.41) is 12.2. The van der Waals surface area contributed by atoms with Crippen LogP contribution in [0.15, 0.2) is 12.1 Å². The number of aromatic hydroxyl groups is 1. The molecule has 1 aromatic carbocycles. The molecule has 2 N–H and O–H groups in total. The molecule has 6 heteroatoms. The number of phenolic OH excluding ortho intramolecular Hbond substituents is 1. The Balaban J connectivity index is 2.63. The number of amides is 1. The zero-order valence-electron chi connectivity index (χ0n) is 13.7. The topological polar surface area (TPSA) is 84.9 Å². The standard InChI is InChI=1S/C17H21NO5/c1-17(2,3)23-16(21)18-8-6-5-7-12-10-15(22-4)14(20)9-13(12)11-19/h9-11,20H,6,8H2,1-4H3,(H,18,21). The van der Waals surface area contributed by atoms with Gasteiger partial charge in [0.05, 0.1) is 7.11 Å². The molecule has 0 atom stereocenters. The summed E-state index contributed by atoms with van der Waals surface area (Å²) in [7, 11) is 1.41. The van der Waals surface area contributed by atoms with Crippen LogP contribution in [-0.2, 0) is 4.74 Å². The Kier molecular flexibility index (Phi) is 6.46. The number of methoxy groups -OCH3 is 1. The summed E-state index contributed by atoms with van der Waals surface area (Å²) in [6, 6.07) is 2.79. The molecule has 0 bridgehead atoms. The van der Waals surface area contributed by atoms with Crippen molar-refractivity contribution in [1.82, 2.24) is 5.32 Å². The Morgan fingerprint density at radius 3 is 2.65 bits per heavy atom. The van der Waals surface area contributed by atoms with Gasteiger partial charge in [0, 0.05) is 30.2 Å². The lowest BCUT2D eigenvalue weighted by atomic mass is 10.1. The Bertz CT molecular complexity index is 635. The van der Waals surface area contributed by atoms with E-state index >= 15 is 0 Å². The van der Waals surface area contributed by atoms with Crippen molar-refractivity contribution in [1.29, 1.82) is 0 Å². The van der Waals surface area contributed by atoms with E-state index < -0.39 is 11.7 Å². The molecule has 0 saturated carbocycles. The van der Waals surface area contributed by atoms with Crippen LogP contribution in [0.3, 0.4) is 0 Å². The zero-order valence-corrected chi connectivity index (χ0v) is 13.7. The van der Waals surface area contributed by atoms with Gasteiger partial charge >= 0.3 is 6.09 Å². The van der Waals surface area contributed by atoms with Gasteiger partial charge in [-0.05, 0) is 26.8 Å². The molecule has 0 unspecified atom stereocenters. The molecule has 0 aliphatic heterocycles. The number of hydrogen-bond donors (Lipinski definition) is 2. The third-order valence-electron chi connectivity index (χ3n) is 2.62. The van der Waals surface area contributed by atoms with E-state index in [1.54, 1.807) is 20.8 Å². The number of aldehydes is 1. The molecule has 1 amide bonds. The van der Waals surface area contributed by atoms with E-state index in [1.807, 2.05) is 0 Å². The van der Waals surface area contributed by atoms with Crippen molar-refractivity contribution in [3.05, 3.63) is 23.3 Å². The monoisotopic (exact) mass is 319 g/mol. The number of rotatable bonds is 4. The highest BCUT2D eigenvalue weighted by Crippen LogP contribution is 2.28. The maximum absolute atomic E-state index is 11.4. The van der Waals surface area contributed by atoms with E-state index in [-0.39, 0.29) is 17.1 Å². The molecule has 1 aromatic rings. The average molecular weight is 319 g/mol. The second-order valence-electron chi connectivity index (χ2n) is 5.71. The molecule has 6 nitrogen and oxygen atoms in total. The summed E-state index contributed by atoms with van der Waals surface area (Å²) in [5.74, 6) is 5.80. The molecular formula is C17H21NO5. The highest BCUT2D eigenvalue weighted by molar-refractivity contribution is 5.81. The third-order valence-corrected chi connectivity index (χ3v) is 2.62. The molecule has 0 fully saturated rings. The first kappa shape index (κ1) is 18.4. The molecule has 0 aliphatic carbocycles. The van der Waals surface area contributed by atoms with Gasteiger partial charge in [-0.3, -0.25) is 4.79 Å². The lowest BCUT2D eigenvalue weighted by Gasteiger charge is -2.19. The first-order valence-electron chi connectivity index (χ1n) is 7.08. The highest BCUT2D eigenvalue weighted by atomic mass is 16.6. The number of alkyl carbamates (subject to hydrolysis) is 1. The average Bonchev–Trinajstić information content (AvgIpc) is 2.45. The summed E-state index contributed by atoms with van der Waals surface area (Å²) in [4.78, 5) is 22.4. The van der Waals surface area contributed by atoms with Gasteiger partial charge in [0.25, 0.3) is 0 Å². The van der Waals surface area contributed by atoms with Crippen LogP contribution >= 0.6 is 0 Å². The van der Waals surface area contributed by atoms with Crippen LogP contribution in [0.1, 0.15) is 43.1 Å². The van der Waals surface area contributed by atoms with Gasteiger partial charge in [-0.15, -0.1) is 0 Å². The molecule has 0 aliphatic rings. The van der Waals surface area contributed by atoms with Crippen LogP contribution in [0, 0.1) is 11.8 Å². The number of phenols is 1. The molecular weight excluding hydrogens is 298 g/mol. The molecule has 0 spiro atoms. The minimum absolute atomic E-state index is 0.119. The van der Waals surface area contributed by atoms with Gasteiger partial charge in [-0.1, -0.05) is 11.8 Å². The first-order chi connectivity index (χ1) is 10.8. The van der Waals surface area contributed by atoms with E-state index in [0.717, 1.165) is 0 Å². The number of carbonyl (C=O) groups is 2. The van der Waals surface area contributed by atoms with Gasteiger partial charge in [-0.2, -0.15) is 0 Å². The van der Waals surface area contributed by atoms with E-state index in [2.05, 4.69) is 17.2 Å². The second kappa shape index (κ2) is 8.08. The predicted octanol–water partition coefficient (Wildman–Crippen LogP) is 2.48. The van der Waals surface area contributed by atoms with Crippen LogP contribution in [0.2, 0.25) is 0 Å². The fourth-order valence-electron chi connectivity index (χ4n) is 1.65. The molecule has 23 heavy (non-hydrogen) atoms. The minimum atomic E-state index is -0.544. The van der Waals surface area contributed by atoms with Crippen molar-refractivity contribution in [2.24, 2.45) is 0 Å². The minimum Gasteiger partial charge on any atom is -0.504 e. The van der Waals surface area contributed by atoms with Crippen LogP contribution in [0.5, 0.6) is 11.5 Å². The van der Waals surface area contributed by atoms with Crippen LogP contribution in [-0.4, -0.2) is 36.7 Å². The molecule has 124 valence electrons. The van der Waals surface area contributed by atoms with Crippen molar-refractivity contribution >= 4 is 12.4 Å². The Labute approximate surface area is 135 Å². The quantitative estimate of drug-likeness (QED) is 0.506. The van der Waals surface area contributed by atoms with E-state index in [9.17, 15) is 14.7 Å². The lowest BCUT2D eigenvalue weighted by Crippen LogP contribution is -2.32. The van der Waals surface area contributed by atoms with Crippen LogP contribution in [0.25, 0.3) is 0 Å². The first-order valence-corrected chi connectivity index (χ1v) is 7.08. The summed E-state index contributed by atoms with van der Waals surface area (Å²) in [5.41, 5.74) is 0.180. The Morgan fingerprint density at radius 1 is 1.39 bits per heavy atom. The molecule has 0 aromatic heterocycles. The number of hydrogen-bond acceptors (Lipinski definition) is 5. The maximum Gasteiger partial charge on any atom is 0.407 e. The van der Waals surface area contributed by atoms with Crippen molar-refractivity contribution in [2.45, 2.75) is 32.8 Å². The maximum atomic E-state index is 11.4. The summed E-state index contributed by atoms with van der Waals surface area (Å²) >= 11 is 0. The normalized spacial score (nSPS) is 10.3. The number of nitrogens with one attached hydrogen (secondary N) is 1. The summed E-state index contributed by atoms with van der Waals surface area (Å²) in [6.45, 7) is 5.68. The van der Waals surface area contributed by atoms with Gasteiger partial charge in [-0.25, -0.2) is 4.79 Å². The molecule has 1 rings (SSSR count). The number of ether oxygens (including phenoxy) is 2. The van der Waals surface area contributed by atoms with Crippen molar-refractivity contribution in [3.63, 3.8) is 0 Å². The van der Waals surface area contributed by atoms with Crippen LogP contribution < -0.4 is 10.1 Å². The van der Waals surface area contributed by atoms with Gasteiger partial charge in [0.15, 0.2) is 17.8 Å². The molecule has 0 saturated heterocycles. The van der Waals surface area contributed by atoms with Crippen LogP contribution in [0.4, 0.5) is 4.79 Å². The second-order valence-corrected chi connectivity index (χ2v) is 5.71. The van der Waals surface area contributed by atoms with Gasteiger partial charge in [0.2, 0.25) is 0 Å². The van der Waals surface area contributed by atoms with E-state index in [1.165, 1.54) is 19.2 Å². The van der Waals surface area contributed by atoms with Crippen molar-refractivity contribution in [2.75, 3.05) is 13.7 Å². The Hall–Kier alpha value is -2.68.